The number of rotatable bonds is 5. The van der Waals surface area contributed by atoms with Gasteiger partial charge in [-0.05, 0) is 0 Å². The van der Waals surface area contributed by atoms with Gasteiger partial charge in [-0.3, -0.25) is 0 Å². The van der Waals surface area contributed by atoms with E-state index < -0.39 is 18.3 Å². The van der Waals surface area contributed by atoms with Crippen LogP contribution >= 0.6 is 0 Å². The van der Waals surface area contributed by atoms with Crippen molar-refractivity contribution in [1.29, 1.82) is 0 Å². The Morgan fingerprint density at radius 2 is 1.43 bits per heavy atom. The molecular weight excluding hydrogens is 644 g/mol. The summed E-state index contributed by atoms with van der Waals surface area (Å²) < 4.78 is 11.8. The predicted octanol–water partition coefficient (Wildman–Crippen LogP) is 12.1. The summed E-state index contributed by atoms with van der Waals surface area (Å²) in [4.78, 5) is 0. The van der Waals surface area contributed by atoms with Crippen LogP contribution in [0, 0.1) is 11.3 Å². The first-order valence-corrected chi connectivity index (χ1v) is 25.4. The Bertz CT molecular complexity index is 2080. The molecule has 0 heterocycles. The van der Waals surface area contributed by atoms with Crippen molar-refractivity contribution in [2.45, 2.75) is 111 Å². The van der Waals surface area contributed by atoms with E-state index in [1.807, 2.05) is 0 Å². The Balaban J connectivity index is 1.52. The molecule has 0 amide bonds. The quantitative estimate of drug-likeness (QED) is 0.194. The van der Waals surface area contributed by atoms with E-state index in [4.69, 9.17) is 4.21 Å². The van der Waals surface area contributed by atoms with Crippen LogP contribution in [0.15, 0.2) is 84.5 Å². The molecule has 0 spiro atoms. The average Bonchev–Trinajstić information content (AvgIpc) is 3.68. The number of allylic oxidation sites excluding steroid dienone is 8. The third-order valence-electron chi connectivity index (χ3n) is 13.1. The molecule has 0 nitrogen and oxygen atoms in total. The standard InChI is InChI=1S/C25H25.C12H19.C6H5.C2H5.CH2.Zr/c1-14-12-24(3,4)22-8-16-7-17-9-23-19(15(2)13-25(23,5)6)11-21(17)20(16)10-18(14)22;1-6-10-7-9(2)8-11(10)12(3,4)5;1-2-4-6-5-3-1;1-2;;/h8-12H,7H2,1-6H3;8-9H,6H2,1-5H3;1-5H;1H2,2H3;1H2;. The van der Waals surface area contributed by atoms with Crippen molar-refractivity contribution in [2.75, 3.05) is 0 Å². The zero-order chi connectivity index (χ0) is 34.1. The fraction of sp³-hybridized carbons (Fsp3) is 0.413. The van der Waals surface area contributed by atoms with Crippen LogP contribution in [0.2, 0.25) is 4.13 Å². The van der Waals surface area contributed by atoms with Crippen molar-refractivity contribution >= 4 is 18.6 Å². The molecule has 7 rings (SSSR count). The van der Waals surface area contributed by atoms with E-state index in [1.165, 1.54) is 58.9 Å². The first-order valence-electron chi connectivity index (χ1n) is 18.2. The van der Waals surface area contributed by atoms with E-state index in [2.05, 4.69) is 150 Å². The second-order valence-corrected chi connectivity index (χ2v) is 31.7. The third-order valence-corrected chi connectivity index (χ3v) is 31.7. The normalized spacial score (nSPS) is 21.1. The summed E-state index contributed by atoms with van der Waals surface area (Å²) in [6, 6.07) is 21.9. The van der Waals surface area contributed by atoms with Crippen LogP contribution in [0.25, 0.3) is 22.3 Å². The molecule has 47 heavy (non-hydrogen) atoms. The molecular formula is C46H56Zr. The van der Waals surface area contributed by atoms with Crippen molar-refractivity contribution < 1.29 is 18.3 Å². The maximum atomic E-state index is 5.78. The van der Waals surface area contributed by atoms with Gasteiger partial charge in [-0.1, -0.05) is 0 Å². The van der Waals surface area contributed by atoms with Crippen molar-refractivity contribution in [3.8, 4) is 11.1 Å². The minimum absolute atomic E-state index is 0.0999. The Hall–Kier alpha value is -2.63. The van der Waals surface area contributed by atoms with Crippen molar-refractivity contribution in [3.63, 3.8) is 0 Å². The molecule has 3 aromatic rings. The SMILES string of the molecule is [CH2]=[Zr]([CH2]C)([C]1=C(CC)C(C(C)(C)C)=CC1C)([C]1=C(C)c2cc3c(cc2C1(C)C)Cc1cc2c(cc1-3)C(C)=CC2(C)C)[c]1ccccc1. The van der Waals surface area contributed by atoms with Crippen LogP contribution in [-0.4, -0.2) is 4.21 Å². The monoisotopic (exact) mass is 698 g/mol. The van der Waals surface area contributed by atoms with Gasteiger partial charge >= 0.3 is 288 Å². The number of hydrogen-bond donors (Lipinski definition) is 0. The van der Waals surface area contributed by atoms with Gasteiger partial charge in [0.1, 0.15) is 0 Å². The van der Waals surface area contributed by atoms with Crippen LogP contribution < -0.4 is 3.27 Å². The summed E-state index contributed by atoms with van der Waals surface area (Å²) in [5.41, 5.74) is 18.0. The molecule has 0 saturated carbocycles. The van der Waals surface area contributed by atoms with Gasteiger partial charge in [0.15, 0.2) is 0 Å². The van der Waals surface area contributed by atoms with Gasteiger partial charge in [-0.15, -0.1) is 0 Å². The zero-order valence-electron chi connectivity index (χ0n) is 31.3. The summed E-state index contributed by atoms with van der Waals surface area (Å²) in [6.45, 7) is 29.1. The van der Waals surface area contributed by atoms with Gasteiger partial charge in [0.2, 0.25) is 0 Å². The van der Waals surface area contributed by atoms with Gasteiger partial charge < -0.3 is 0 Å². The van der Waals surface area contributed by atoms with E-state index in [9.17, 15) is 0 Å². The molecule has 3 aromatic carbocycles. The zero-order valence-corrected chi connectivity index (χ0v) is 33.7. The van der Waals surface area contributed by atoms with E-state index in [0.29, 0.717) is 5.92 Å². The summed E-state index contributed by atoms with van der Waals surface area (Å²) in [5.74, 6) is 0.391. The Morgan fingerprint density at radius 1 is 0.830 bits per heavy atom. The molecule has 244 valence electrons. The second-order valence-electron chi connectivity index (χ2n) is 17.7. The van der Waals surface area contributed by atoms with Crippen molar-refractivity contribution in [3.05, 3.63) is 118 Å². The first kappa shape index (κ1) is 32.9. The molecule has 4 aliphatic rings. The summed E-state index contributed by atoms with van der Waals surface area (Å²) in [6.07, 6.45) is 7.17. The van der Waals surface area contributed by atoms with E-state index in [1.54, 1.807) is 17.7 Å². The number of benzene rings is 3. The Kier molecular flexibility index (Phi) is 7.14. The number of hydrogen-bond acceptors (Lipinski definition) is 0. The molecule has 0 aliphatic heterocycles. The van der Waals surface area contributed by atoms with E-state index >= 15 is 0 Å². The third kappa shape index (κ3) is 4.24. The van der Waals surface area contributed by atoms with Crippen LogP contribution in [0.1, 0.15) is 123 Å². The van der Waals surface area contributed by atoms with Crippen molar-refractivity contribution in [1.82, 2.24) is 0 Å². The topological polar surface area (TPSA) is 0 Å². The maximum absolute atomic E-state index is 5.78. The molecule has 1 atom stereocenters. The first-order chi connectivity index (χ1) is 21.9. The van der Waals surface area contributed by atoms with Crippen LogP contribution in [-0.2, 0) is 35.5 Å². The van der Waals surface area contributed by atoms with Crippen molar-refractivity contribution in [2.24, 2.45) is 11.3 Å². The second kappa shape index (κ2) is 10.2. The number of fused-ring (bicyclic) bond motifs is 5. The van der Waals surface area contributed by atoms with Gasteiger partial charge in [0.25, 0.3) is 0 Å². The fourth-order valence-corrected chi connectivity index (χ4v) is 30.8. The summed E-state index contributed by atoms with van der Waals surface area (Å²) >= 11 is -4.50. The van der Waals surface area contributed by atoms with Gasteiger partial charge in [0.05, 0.1) is 0 Å². The molecule has 1 heteroatoms. The van der Waals surface area contributed by atoms with Gasteiger partial charge in [-0.25, -0.2) is 0 Å². The molecule has 0 fully saturated rings. The fourth-order valence-electron chi connectivity index (χ4n) is 11.3. The van der Waals surface area contributed by atoms with Gasteiger partial charge in [-0.2, -0.15) is 0 Å². The molecule has 0 N–H and O–H groups in total. The molecule has 0 saturated heterocycles. The predicted molar refractivity (Wildman–Crippen MR) is 205 cm³/mol. The van der Waals surface area contributed by atoms with E-state index in [0.717, 1.165) is 17.0 Å². The molecule has 0 aromatic heterocycles. The molecule has 4 aliphatic carbocycles. The Morgan fingerprint density at radius 3 is 2.00 bits per heavy atom. The van der Waals surface area contributed by atoms with E-state index in [-0.39, 0.29) is 16.2 Å². The average molecular weight is 700 g/mol. The van der Waals surface area contributed by atoms with Gasteiger partial charge in [0, 0.05) is 0 Å². The summed E-state index contributed by atoms with van der Waals surface area (Å²) in [5, 5.41) is 0. The van der Waals surface area contributed by atoms with Crippen LogP contribution in [0.5, 0.6) is 0 Å². The summed E-state index contributed by atoms with van der Waals surface area (Å²) in [7, 11) is 0. The van der Waals surface area contributed by atoms with Crippen LogP contribution in [0.4, 0.5) is 0 Å². The molecule has 0 radical (unpaired) electrons. The Labute approximate surface area is 286 Å². The van der Waals surface area contributed by atoms with Crippen LogP contribution in [0.3, 0.4) is 0 Å². The molecule has 0 bridgehead atoms. The molecule has 1 unspecified atom stereocenters. The minimum atomic E-state index is -4.50.